The van der Waals surface area contributed by atoms with Crippen molar-refractivity contribution in [3.8, 4) is 0 Å². The second-order valence-electron chi connectivity index (χ2n) is 5.57. The van der Waals surface area contributed by atoms with E-state index in [1.54, 1.807) is 0 Å². The van der Waals surface area contributed by atoms with Crippen LogP contribution < -0.4 is 0 Å². The summed E-state index contributed by atoms with van der Waals surface area (Å²) in [6.45, 7) is 3.14. The molecule has 0 radical (unpaired) electrons. The van der Waals surface area contributed by atoms with E-state index in [-0.39, 0.29) is 19.8 Å². The number of rotatable bonds is 8. The molecule has 0 spiro atoms. The number of aliphatic hydroxyl groups is 2. The summed E-state index contributed by atoms with van der Waals surface area (Å²) in [5.74, 6) is 0.232. The van der Waals surface area contributed by atoms with E-state index in [2.05, 4.69) is 0 Å². The standard InChI is InChI=1S/C17H24O6S/c1-3-24-17(11-18)16(22-9-13-7-5-4-6-8-13)15(20)14(23-17)10-21-12(2)19/h4-8,14-16,18,20H,3,9-11H2,1-2H3/t14-,15-,16+,17+/m1/s1. The van der Waals surface area contributed by atoms with Crippen molar-refractivity contribution in [2.75, 3.05) is 19.0 Å². The highest BCUT2D eigenvalue weighted by Gasteiger charge is 2.55. The van der Waals surface area contributed by atoms with Crippen LogP contribution in [-0.2, 0) is 25.6 Å². The average molecular weight is 356 g/mol. The fourth-order valence-electron chi connectivity index (χ4n) is 2.70. The minimum Gasteiger partial charge on any atom is -0.463 e. The SMILES string of the molecule is CCS[C@]1(CO)O[C@H](COC(C)=O)[C@@H](O)[C@@H]1OCc1ccccc1. The van der Waals surface area contributed by atoms with Gasteiger partial charge in [-0.2, -0.15) is 0 Å². The van der Waals surface area contributed by atoms with E-state index >= 15 is 0 Å². The molecule has 4 atom stereocenters. The average Bonchev–Trinajstić information content (AvgIpc) is 2.84. The highest BCUT2D eigenvalue weighted by molar-refractivity contribution is 8.00. The maximum Gasteiger partial charge on any atom is 0.302 e. The molecule has 1 aliphatic rings. The van der Waals surface area contributed by atoms with Crippen molar-refractivity contribution >= 4 is 17.7 Å². The van der Waals surface area contributed by atoms with E-state index in [4.69, 9.17) is 14.2 Å². The Morgan fingerprint density at radius 2 is 2.08 bits per heavy atom. The van der Waals surface area contributed by atoms with Crippen LogP contribution in [0.4, 0.5) is 0 Å². The number of thioether (sulfide) groups is 1. The third-order valence-corrected chi connectivity index (χ3v) is 5.04. The quantitative estimate of drug-likeness (QED) is 0.680. The minimum absolute atomic E-state index is 0.0757. The number of aliphatic hydroxyl groups excluding tert-OH is 2. The maximum atomic E-state index is 11.0. The van der Waals surface area contributed by atoms with Crippen LogP contribution in [0.15, 0.2) is 30.3 Å². The molecule has 0 unspecified atom stereocenters. The molecule has 2 N–H and O–H groups in total. The van der Waals surface area contributed by atoms with E-state index in [1.807, 2.05) is 37.3 Å². The van der Waals surface area contributed by atoms with Crippen LogP contribution in [-0.4, -0.2) is 58.4 Å². The first-order valence-corrected chi connectivity index (χ1v) is 8.90. The Labute approximate surface area is 146 Å². The molecule has 0 aliphatic carbocycles. The van der Waals surface area contributed by atoms with Gasteiger partial charge in [-0.1, -0.05) is 37.3 Å². The second-order valence-corrected chi connectivity index (χ2v) is 7.13. The Morgan fingerprint density at radius 1 is 1.38 bits per heavy atom. The van der Waals surface area contributed by atoms with Crippen LogP contribution in [0.5, 0.6) is 0 Å². The Balaban J connectivity index is 2.11. The van der Waals surface area contributed by atoms with E-state index in [9.17, 15) is 15.0 Å². The van der Waals surface area contributed by atoms with Crippen molar-refractivity contribution in [1.82, 2.24) is 0 Å². The van der Waals surface area contributed by atoms with Crippen molar-refractivity contribution in [2.24, 2.45) is 0 Å². The zero-order valence-electron chi connectivity index (χ0n) is 13.9. The maximum absolute atomic E-state index is 11.0. The van der Waals surface area contributed by atoms with Gasteiger partial charge in [0.2, 0.25) is 0 Å². The molecule has 1 aromatic carbocycles. The lowest BCUT2D eigenvalue weighted by molar-refractivity contribution is -0.147. The van der Waals surface area contributed by atoms with Crippen molar-refractivity contribution in [1.29, 1.82) is 0 Å². The minimum atomic E-state index is -1.08. The molecule has 0 amide bonds. The number of ether oxygens (including phenoxy) is 3. The van der Waals surface area contributed by atoms with Crippen molar-refractivity contribution in [3.05, 3.63) is 35.9 Å². The van der Waals surface area contributed by atoms with E-state index in [0.29, 0.717) is 5.75 Å². The van der Waals surface area contributed by atoms with Gasteiger partial charge < -0.3 is 24.4 Å². The highest BCUT2D eigenvalue weighted by atomic mass is 32.2. The Bertz CT molecular complexity index is 525. The van der Waals surface area contributed by atoms with Gasteiger partial charge >= 0.3 is 5.97 Å². The van der Waals surface area contributed by atoms with Crippen molar-refractivity contribution < 1.29 is 29.2 Å². The fourth-order valence-corrected chi connectivity index (χ4v) is 3.84. The molecular formula is C17H24O6S. The summed E-state index contributed by atoms with van der Waals surface area (Å²) in [6.07, 6.45) is -2.46. The normalized spacial score (nSPS) is 29.6. The molecular weight excluding hydrogens is 332 g/mol. The van der Waals surface area contributed by atoms with Gasteiger partial charge in [0.15, 0.2) is 4.93 Å². The van der Waals surface area contributed by atoms with Crippen LogP contribution in [0.25, 0.3) is 0 Å². The van der Waals surface area contributed by atoms with Gasteiger partial charge in [-0.15, -0.1) is 11.8 Å². The first kappa shape index (κ1) is 19.2. The monoisotopic (exact) mass is 356 g/mol. The molecule has 1 fully saturated rings. The third kappa shape index (κ3) is 4.49. The Kier molecular flexibility index (Phi) is 7.06. The van der Waals surface area contributed by atoms with E-state index < -0.39 is 29.2 Å². The lowest BCUT2D eigenvalue weighted by Crippen LogP contribution is -2.45. The zero-order valence-corrected chi connectivity index (χ0v) is 14.7. The number of carbonyl (C=O) groups excluding carboxylic acids is 1. The van der Waals surface area contributed by atoms with Crippen molar-refractivity contribution in [3.63, 3.8) is 0 Å². The molecule has 1 heterocycles. The number of benzene rings is 1. The predicted octanol–water partition coefficient (Wildman–Crippen LogP) is 1.34. The topological polar surface area (TPSA) is 85.2 Å². The molecule has 1 saturated heterocycles. The summed E-state index contributed by atoms with van der Waals surface area (Å²) in [4.78, 5) is 9.94. The van der Waals surface area contributed by atoms with E-state index in [1.165, 1.54) is 18.7 Å². The van der Waals surface area contributed by atoms with Gasteiger partial charge in [-0.3, -0.25) is 4.79 Å². The van der Waals surface area contributed by atoms with Crippen LogP contribution in [0.2, 0.25) is 0 Å². The van der Waals surface area contributed by atoms with Gasteiger partial charge in [0.05, 0.1) is 13.2 Å². The first-order valence-electron chi connectivity index (χ1n) is 7.92. The molecule has 2 rings (SSSR count). The summed E-state index contributed by atoms with van der Waals surface area (Å²) >= 11 is 1.37. The summed E-state index contributed by atoms with van der Waals surface area (Å²) in [6, 6.07) is 9.57. The smallest absolute Gasteiger partial charge is 0.302 e. The predicted molar refractivity (Wildman–Crippen MR) is 90.5 cm³/mol. The fraction of sp³-hybridized carbons (Fsp3) is 0.588. The van der Waals surface area contributed by atoms with Gasteiger partial charge in [-0.25, -0.2) is 0 Å². The number of hydrogen-bond donors (Lipinski definition) is 2. The van der Waals surface area contributed by atoms with Crippen LogP contribution in [0, 0.1) is 0 Å². The largest absolute Gasteiger partial charge is 0.463 e. The molecule has 6 nitrogen and oxygen atoms in total. The van der Waals surface area contributed by atoms with Crippen LogP contribution in [0.3, 0.4) is 0 Å². The number of carbonyl (C=O) groups is 1. The van der Waals surface area contributed by atoms with Crippen LogP contribution in [0.1, 0.15) is 19.4 Å². The summed E-state index contributed by atoms with van der Waals surface area (Å²) < 4.78 is 16.7. The molecule has 1 aliphatic heterocycles. The molecule has 7 heteroatoms. The lowest BCUT2D eigenvalue weighted by Gasteiger charge is -2.32. The van der Waals surface area contributed by atoms with Gasteiger partial charge in [0.1, 0.15) is 24.9 Å². The molecule has 0 bridgehead atoms. The first-order chi connectivity index (χ1) is 11.5. The second kappa shape index (κ2) is 8.82. The molecule has 0 aromatic heterocycles. The highest BCUT2D eigenvalue weighted by Crippen LogP contribution is 2.42. The Morgan fingerprint density at radius 3 is 2.67 bits per heavy atom. The summed E-state index contributed by atoms with van der Waals surface area (Å²) in [5.41, 5.74) is 0.960. The molecule has 1 aromatic rings. The summed E-state index contributed by atoms with van der Waals surface area (Å²) in [7, 11) is 0. The van der Waals surface area contributed by atoms with Crippen molar-refractivity contribution in [2.45, 2.75) is 43.7 Å². The zero-order chi connectivity index (χ0) is 17.6. The van der Waals surface area contributed by atoms with Gasteiger partial charge in [-0.05, 0) is 11.3 Å². The van der Waals surface area contributed by atoms with E-state index in [0.717, 1.165) is 5.56 Å². The molecule has 134 valence electrons. The third-order valence-electron chi connectivity index (χ3n) is 3.81. The van der Waals surface area contributed by atoms with Crippen LogP contribution >= 0.6 is 11.8 Å². The molecule has 24 heavy (non-hydrogen) atoms. The molecule has 0 saturated carbocycles. The number of hydrogen-bond acceptors (Lipinski definition) is 7. The lowest BCUT2D eigenvalue weighted by atomic mass is 10.1. The summed E-state index contributed by atoms with van der Waals surface area (Å²) in [5, 5.41) is 20.5. The Hall–Kier alpha value is -1.12. The number of esters is 1. The van der Waals surface area contributed by atoms with Gasteiger partial charge in [0.25, 0.3) is 0 Å². The van der Waals surface area contributed by atoms with Gasteiger partial charge in [0, 0.05) is 6.92 Å².